The number of nitrogens with two attached hydrogens (primary N) is 1. The van der Waals surface area contributed by atoms with Crippen molar-refractivity contribution in [3.05, 3.63) is 17.4 Å². The van der Waals surface area contributed by atoms with Crippen molar-refractivity contribution in [3.8, 4) is 0 Å². The van der Waals surface area contributed by atoms with Crippen LogP contribution in [-0.2, 0) is 0 Å². The molecule has 0 amide bonds. The summed E-state index contributed by atoms with van der Waals surface area (Å²) >= 11 is 0. The number of hydrogen-bond acceptors (Lipinski definition) is 3. The van der Waals surface area contributed by atoms with E-state index in [4.69, 9.17) is 10.2 Å². The summed E-state index contributed by atoms with van der Waals surface area (Å²) in [5.74, 6) is 0.556. The lowest BCUT2D eigenvalue weighted by atomic mass is 10.3. The monoisotopic (exact) mass is 139 g/mol. The fraction of sp³-hybridized carbons (Fsp3) is 0.286. The summed E-state index contributed by atoms with van der Waals surface area (Å²) in [7, 11) is 0. The van der Waals surface area contributed by atoms with E-state index in [1.807, 2.05) is 0 Å². The summed E-state index contributed by atoms with van der Waals surface area (Å²) in [5, 5.41) is 0. The van der Waals surface area contributed by atoms with Gasteiger partial charge in [0, 0.05) is 12.5 Å². The van der Waals surface area contributed by atoms with Crippen molar-refractivity contribution in [3.63, 3.8) is 0 Å². The molecule has 0 aliphatic heterocycles. The van der Waals surface area contributed by atoms with Crippen molar-refractivity contribution in [1.82, 2.24) is 0 Å². The molecule has 0 radical (unpaired) electrons. The van der Waals surface area contributed by atoms with Crippen LogP contribution in [0.4, 0.5) is 5.88 Å². The zero-order chi connectivity index (χ0) is 7.72. The molecule has 0 bridgehead atoms. The molecule has 0 aromatic carbocycles. The Morgan fingerprint density at radius 1 is 1.70 bits per heavy atom. The molecule has 54 valence electrons. The zero-order valence-electron chi connectivity index (χ0n) is 5.97. The molecule has 1 aromatic rings. The van der Waals surface area contributed by atoms with Gasteiger partial charge in [-0.25, -0.2) is 0 Å². The molecule has 0 unspecified atom stereocenters. The third-order valence-corrected chi connectivity index (χ3v) is 1.30. The van der Waals surface area contributed by atoms with Gasteiger partial charge in [0.05, 0.1) is 0 Å². The second kappa shape index (κ2) is 2.17. The average molecular weight is 139 g/mol. The van der Waals surface area contributed by atoms with Crippen LogP contribution in [0, 0.1) is 6.92 Å². The highest BCUT2D eigenvalue weighted by molar-refractivity contribution is 5.91. The van der Waals surface area contributed by atoms with E-state index in [9.17, 15) is 4.79 Å². The second-order valence-electron chi connectivity index (χ2n) is 2.21. The number of rotatable bonds is 1. The van der Waals surface area contributed by atoms with Crippen molar-refractivity contribution >= 4 is 11.7 Å². The van der Waals surface area contributed by atoms with E-state index in [2.05, 4.69) is 0 Å². The summed E-state index contributed by atoms with van der Waals surface area (Å²) in [6.45, 7) is 3.24. The molecule has 1 rings (SSSR count). The minimum absolute atomic E-state index is 0.0974. The molecule has 3 heteroatoms. The maximum atomic E-state index is 10.7. The largest absolute Gasteiger partial charge is 0.438 e. The van der Waals surface area contributed by atoms with E-state index in [-0.39, 0.29) is 5.78 Å². The summed E-state index contributed by atoms with van der Waals surface area (Å²) in [5.41, 5.74) is 6.17. The van der Waals surface area contributed by atoms with Crippen LogP contribution in [0.2, 0.25) is 0 Å². The smallest absolute Gasteiger partial charge is 0.195 e. The van der Waals surface area contributed by atoms with Gasteiger partial charge >= 0.3 is 0 Å². The second-order valence-corrected chi connectivity index (χ2v) is 2.21. The Hall–Kier alpha value is -1.25. The average Bonchev–Trinajstić information content (AvgIpc) is 2.13. The first-order valence-electron chi connectivity index (χ1n) is 2.98. The number of anilines is 1. The van der Waals surface area contributed by atoms with Crippen molar-refractivity contribution in [2.75, 3.05) is 5.73 Å². The molecule has 0 aliphatic carbocycles. The molecular weight excluding hydrogens is 130 g/mol. The standard InChI is InChI=1S/C7H9NO2/c1-4-3-6(5(2)9)10-7(4)8/h3H,8H2,1-2H3. The van der Waals surface area contributed by atoms with Crippen LogP contribution >= 0.6 is 0 Å². The molecule has 2 N–H and O–H groups in total. The van der Waals surface area contributed by atoms with Crippen molar-refractivity contribution in [1.29, 1.82) is 0 Å². The van der Waals surface area contributed by atoms with E-state index in [1.165, 1.54) is 6.92 Å². The van der Waals surface area contributed by atoms with E-state index in [0.717, 1.165) is 5.56 Å². The van der Waals surface area contributed by atoms with Crippen LogP contribution in [0.1, 0.15) is 23.0 Å². The fourth-order valence-corrected chi connectivity index (χ4v) is 0.670. The molecule has 0 spiro atoms. The quantitative estimate of drug-likeness (QED) is 0.598. The topological polar surface area (TPSA) is 56.2 Å². The van der Waals surface area contributed by atoms with Crippen LogP contribution in [0.3, 0.4) is 0 Å². The number of ketones is 1. The Labute approximate surface area is 58.8 Å². The molecule has 0 aliphatic rings. The SMILES string of the molecule is CC(=O)c1cc(C)c(N)o1. The minimum atomic E-state index is -0.0974. The van der Waals surface area contributed by atoms with Gasteiger partial charge in [0.25, 0.3) is 0 Å². The minimum Gasteiger partial charge on any atom is -0.438 e. The van der Waals surface area contributed by atoms with Crippen LogP contribution in [0.25, 0.3) is 0 Å². The summed E-state index contributed by atoms with van der Waals surface area (Å²) in [6.07, 6.45) is 0. The first-order chi connectivity index (χ1) is 4.61. The van der Waals surface area contributed by atoms with Crippen LogP contribution in [-0.4, -0.2) is 5.78 Å². The lowest BCUT2D eigenvalue weighted by Gasteiger charge is -1.83. The Morgan fingerprint density at radius 2 is 2.30 bits per heavy atom. The highest BCUT2D eigenvalue weighted by Crippen LogP contribution is 2.15. The summed E-state index contributed by atoms with van der Waals surface area (Å²) < 4.78 is 4.90. The maximum absolute atomic E-state index is 10.7. The van der Waals surface area contributed by atoms with E-state index >= 15 is 0 Å². The van der Waals surface area contributed by atoms with Gasteiger partial charge in [-0.05, 0) is 13.0 Å². The number of hydrogen-bond donors (Lipinski definition) is 1. The maximum Gasteiger partial charge on any atom is 0.195 e. The van der Waals surface area contributed by atoms with E-state index in [0.29, 0.717) is 11.6 Å². The van der Waals surface area contributed by atoms with Crippen LogP contribution in [0.5, 0.6) is 0 Å². The van der Waals surface area contributed by atoms with Gasteiger partial charge in [-0.15, -0.1) is 0 Å². The molecule has 10 heavy (non-hydrogen) atoms. The van der Waals surface area contributed by atoms with Gasteiger partial charge in [-0.1, -0.05) is 0 Å². The van der Waals surface area contributed by atoms with Gasteiger partial charge in [-0.3, -0.25) is 4.79 Å². The number of carbonyl (C=O) groups excluding carboxylic acids is 1. The first-order valence-corrected chi connectivity index (χ1v) is 2.98. The molecule has 1 heterocycles. The van der Waals surface area contributed by atoms with Crippen LogP contribution < -0.4 is 5.73 Å². The number of carbonyl (C=O) groups is 1. The normalized spacial score (nSPS) is 9.80. The highest BCUT2D eigenvalue weighted by atomic mass is 16.4. The molecule has 0 fully saturated rings. The van der Waals surface area contributed by atoms with Crippen LogP contribution in [0.15, 0.2) is 10.5 Å². The Morgan fingerprint density at radius 3 is 2.50 bits per heavy atom. The number of nitrogen functional groups attached to an aromatic ring is 1. The zero-order valence-corrected chi connectivity index (χ0v) is 5.97. The molecule has 1 aromatic heterocycles. The van der Waals surface area contributed by atoms with Crippen molar-refractivity contribution in [2.45, 2.75) is 13.8 Å². The predicted octanol–water partition coefficient (Wildman–Crippen LogP) is 1.37. The Bertz CT molecular complexity index is 243. The van der Waals surface area contributed by atoms with E-state index in [1.54, 1.807) is 13.0 Å². The molecule has 3 nitrogen and oxygen atoms in total. The van der Waals surface area contributed by atoms with Crippen molar-refractivity contribution in [2.24, 2.45) is 0 Å². The van der Waals surface area contributed by atoms with E-state index < -0.39 is 0 Å². The lowest BCUT2D eigenvalue weighted by molar-refractivity contribution is 0.0988. The van der Waals surface area contributed by atoms with Gasteiger partial charge in [-0.2, -0.15) is 0 Å². The molecule has 0 atom stereocenters. The van der Waals surface area contributed by atoms with Gasteiger partial charge in [0.1, 0.15) is 0 Å². The lowest BCUT2D eigenvalue weighted by Crippen LogP contribution is -1.86. The Balaban J connectivity index is 3.10. The fourth-order valence-electron chi connectivity index (χ4n) is 0.670. The Kier molecular flexibility index (Phi) is 1.49. The summed E-state index contributed by atoms with van der Waals surface area (Å²) in [6, 6.07) is 1.64. The highest BCUT2D eigenvalue weighted by Gasteiger charge is 2.06. The number of aryl methyl sites for hydroxylation is 1. The molecule has 0 saturated carbocycles. The number of Topliss-reactive ketones (excluding diaryl/α,β-unsaturated/α-hetero) is 1. The number of furan rings is 1. The van der Waals surface area contributed by atoms with Crippen molar-refractivity contribution < 1.29 is 9.21 Å². The first kappa shape index (κ1) is 6.86. The third kappa shape index (κ3) is 1.03. The van der Waals surface area contributed by atoms with Gasteiger partial charge in [0.2, 0.25) is 0 Å². The third-order valence-electron chi connectivity index (χ3n) is 1.30. The summed E-state index contributed by atoms with van der Waals surface area (Å²) in [4.78, 5) is 10.7. The predicted molar refractivity (Wildman–Crippen MR) is 37.9 cm³/mol. The van der Waals surface area contributed by atoms with Gasteiger partial charge < -0.3 is 10.2 Å². The molecule has 0 saturated heterocycles. The molecular formula is C7H9NO2. The van der Waals surface area contributed by atoms with Gasteiger partial charge in [0.15, 0.2) is 17.4 Å².